The monoisotopic (exact) mass is 330 g/mol. The van der Waals surface area contributed by atoms with Crippen molar-refractivity contribution in [2.75, 3.05) is 18.4 Å². The summed E-state index contributed by atoms with van der Waals surface area (Å²) in [7, 11) is 0. The zero-order valence-electron chi connectivity index (χ0n) is 13.1. The molecule has 1 heterocycles. The van der Waals surface area contributed by atoms with Crippen LogP contribution in [-0.4, -0.2) is 39.4 Å². The first-order valence-electron chi connectivity index (χ1n) is 7.29. The van der Waals surface area contributed by atoms with E-state index in [1.807, 2.05) is 0 Å². The molecule has 0 spiro atoms. The van der Waals surface area contributed by atoms with Crippen molar-refractivity contribution >= 4 is 17.6 Å². The number of nitro benzene ring substituents is 1. The molecule has 0 aliphatic heterocycles. The molecule has 3 N–H and O–H groups in total. The van der Waals surface area contributed by atoms with E-state index in [2.05, 4.69) is 15.3 Å². The number of aromatic nitrogens is 1. The van der Waals surface area contributed by atoms with E-state index in [0.717, 1.165) is 5.69 Å². The molecular formula is C16H18N4O4. The quantitative estimate of drug-likeness (QED) is 0.309. The largest absolute Gasteiger partial charge is 0.505 e. The van der Waals surface area contributed by atoms with Crippen LogP contribution >= 0.6 is 0 Å². The van der Waals surface area contributed by atoms with Crippen molar-refractivity contribution in [2.45, 2.75) is 13.5 Å². The number of pyridine rings is 1. The van der Waals surface area contributed by atoms with Gasteiger partial charge >= 0.3 is 0 Å². The Hall–Kier alpha value is -3.00. The van der Waals surface area contributed by atoms with E-state index >= 15 is 0 Å². The van der Waals surface area contributed by atoms with Gasteiger partial charge in [0.25, 0.3) is 5.69 Å². The maximum absolute atomic E-state index is 10.6. The lowest BCUT2D eigenvalue weighted by Gasteiger charge is -2.07. The second-order valence-corrected chi connectivity index (χ2v) is 5.06. The van der Waals surface area contributed by atoms with E-state index in [4.69, 9.17) is 0 Å². The van der Waals surface area contributed by atoms with Crippen LogP contribution < -0.4 is 5.32 Å². The summed E-state index contributed by atoms with van der Waals surface area (Å²) in [6.07, 6.45) is 3.01. The van der Waals surface area contributed by atoms with Gasteiger partial charge in [-0.2, -0.15) is 0 Å². The highest BCUT2D eigenvalue weighted by molar-refractivity contribution is 5.85. The average molecular weight is 330 g/mol. The summed E-state index contributed by atoms with van der Waals surface area (Å²) in [5.41, 5.74) is 2.23. The molecule has 0 unspecified atom stereocenters. The van der Waals surface area contributed by atoms with Gasteiger partial charge in [0.2, 0.25) is 0 Å². The maximum atomic E-state index is 10.6. The maximum Gasteiger partial charge on any atom is 0.269 e. The van der Waals surface area contributed by atoms with Gasteiger partial charge in [-0.15, -0.1) is 0 Å². The minimum absolute atomic E-state index is 0.00799. The summed E-state index contributed by atoms with van der Waals surface area (Å²) < 4.78 is 0. The number of nitro groups is 1. The molecular weight excluding hydrogens is 312 g/mol. The molecule has 8 heteroatoms. The molecule has 1 aromatic heterocycles. The Morgan fingerprint density at radius 3 is 2.71 bits per heavy atom. The minimum Gasteiger partial charge on any atom is -0.505 e. The second-order valence-electron chi connectivity index (χ2n) is 5.06. The number of nitrogens with one attached hydrogen (secondary N) is 1. The fraction of sp³-hybridized carbons (Fsp3) is 0.250. The van der Waals surface area contributed by atoms with E-state index in [1.165, 1.54) is 24.5 Å². The van der Waals surface area contributed by atoms with Gasteiger partial charge in [-0.1, -0.05) is 0 Å². The number of rotatable bonds is 7. The summed E-state index contributed by atoms with van der Waals surface area (Å²) in [5, 5.41) is 32.9. The SMILES string of the molecule is Cc1ncc(CO)c(C=NCCNc2ccc([N+](=O)[O-])cc2)c1O. The van der Waals surface area contributed by atoms with Crippen LogP contribution in [0.1, 0.15) is 16.8 Å². The van der Waals surface area contributed by atoms with Gasteiger partial charge in [0, 0.05) is 47.9 Å². The fourth-order valence-corrected chi connectivity index (χ4v) is 2.04. The summed E-state index contributed by atoms with van der Waals surface area (Å²) >= 11 is 0. The zero-order chi connectivity index (χ0) is 17.5. The van der Waals surface area contributed by atoms with Crippen molar-refractivity contribution in [3.63, 3.8) is 0 Å². The number of aliphatic imine (C=N–C) groups is 1. The second kappa shape index (κ2) is 8.02. The van der Waals surface area contributed by atoms with Crippen LogP contribution in [0.25, 0.3) is 0 Å². The van der Waals surface area contributed by atoms with E-state index < -0.39 is 4.92 Å². The highest BCUT2D eigenvalue weighted by Gasteiger charge is 2.09. The summed E-state index contributed by atoms with van der Waals surface area (Å²) in [4.78, 5) is 18.3. The Bertz CT molecular complexity index is 744. The molecule has 0 saturated carbocycles. The molecule has 0 saturated heterocycles. The van der Waals surface area contributed by atoms with Gasteiger partial charge in [-0.25, -0.2) is 0 Å². The van der Waals surface area contributed by atoms with Gasteiger partial charge < -0.3 is 15.5 Å². The molecule has 2 aromatic rings. The Labute approximate surface area is 138 Å². The van der Waals surface area contributed by atoms with E-state index in [-0.39, 0.29) is 18.0 Å². The molecule has 0 amide bonds. The number of aryl methyl sites for hydroxylation is 1. The summed E-state index contributed by atoms with van der Waals surface area (Å²) in [5.74, 6) is 0.00799. The van der Waals surface area contributed by atoms with Crippen molar-refractivity contribution in [1.29, 1.82) is 0 Å². The van der Waals surface area contributed by atoms with Crippen molar-refractivity contribution in [2.24, 2.45) is 4.99 Å². The minimum atomic E-state index is -0.448. The highest BCUT2D eigenvalue weighted by atomic mass is 16.6. The van der Waals surface area contributed by atoms with E-state index in [0.29, 0.717) is 29.9 Å². The Balaban J connectivity index is 1.91. The molecule has 0 aliphatic carbocycles. The molecule has 0 aliphatic rings. The first-order chi connectivity index (χ1) is 11.5. The zero-order valence-corrected chi connectivity index (χ0v) is 13.1. The number of anilines is 1. The predicted molar refractivity (Wildman–Crippen MR) is 90.6 cm³/mol. The lowest BCUT2D eigenvalue weighted by Crippen LogP contribution is -2.05. The van der Waals surface area contributed by atoms with Crippen molar-refractivity contribution < 1.29 is 15.1 Å². The predicted octanol–water partition coefficient (Wildman–Crippen LogP) is 2.03. The normalized spacial score (nSPS) is 10.9. The standard InChI is InChI=1S/C16H18N4O4/c1-11-16(22)15(12(10-21)8-19-11)9-17-6-7-18-13-2-4-14(5-3-13)20(23)24/h2-5,8-9,18,21-22H,6-7,10H2,1H3. The van der Waals surface area contributed by atoms with Crippen LogP contribution in [0.4, 0.5) is 11.4 Å². The summed E-state index contributed by atoms with van der Waals surface area (Å²) in [6.45, 7) is 2.39. The fourth-order valence-electron chi connectivity index (χ4n) is 2.04. The molecule has 1 aromatic carbocycles. The molecule has 0 radical (unpaired) electrons. The van der Waals surface area contributed by atoms with Crippen LogP contribution in [0.5, 0.6) is 5.75 Å². The number of aromatic hydroxyl groups is 1. The van der Waals surface area contributed by atoms with Crippen molar-refractivity contribution in [3.8, 4) is 5.75 Å². The van der Waals surface area contributed by atoms with Gasteiger partial charge in [-0.3, -0.25) is 20.1 Å². The Morgan fingerprint density at radius 1 is 1.38 bits per heavy atom. The number of aliphatic hydroxyl groups is 1. The van der Waals surface area contributed by atoms with E-state index in [9.17, 15) is 20.3 Å². The van der Waals surface area contributed by atoms with Gasteiger partial charge in [0.15, 0.2) is 0 Å². The number of non-ortho nitro benzene ring substituents is 1. The highest BCUT2D eigenvalue weighted by Crippen LogP contribution is 2.21. The number of aliphatic hydroxyl groups excluding tert-OH is 1. The molecule has 24 heavy (non-hydrogen) atoms. The Morgan fingerprint density at radius 2 is 2.08 bits per heavy atom. The molecule has 2 rings (SSSR count). The molecule has 8 nitrogen and oxygen atoms in total. The third kappa shape index (κ3) is 4.26. The number of hydrogen-bond donors (Lipinski definition) is 3. The molecule has 0 fully saturated rings. The number of benzene rings is 1. The van der Waals surface area contributed by atoms with Crippen LogP contribution in [0.3, 0.4) is 0 Å². The van der Waals surface area contributed by atoms with Crippen LogP contribution in [0.15, 0.2) is 35.5 Å². The first-order valence-corrected chi connectivity index (χ1v) is 7.29. The molecule has 0 bridgehead atoms. The number of hydrogen-bond acceptors (Lipinski definition) is 7. The smallest absolute Gasteiger partial charge is 0.269 e. The third-order valence-corrected chi connectivity index (χ3v) is 3.40. The van der Waals surface area contributed by atoms with Crippen LogP contribution in [-0.2, 0) is 6.61 Å². The van der Waals surface area contributed by atoms with Gasteiger partial charge in [-0.05, 0) is 19.1 Å². The van der Waals surface area contributed by atoms with Crippen molar-refractivity contribution in [3.05, 3.63) is 57.4 Å². The lowest BCUT2D eigenvalue weighted by molar-refractivity contribution is -0.384. The van der Waals surface area contributed by atoms with Crippen LogP contribution in [0.2, 0.25) is 0 Å². The van der Waals surface area contributed by atoms with Crippen molar-refractivity contribution in [1.82, 2.24) is 4.98 Å². The number of nitrogens with zero attached hydrogens (tertiary/aromatic N) is 3. The topological polar surface area (TPSA) is 121 Å². The van der Waals surface area contributed by atoms with Crippen LogP contribution in [0, 0.1) is 17.0 Å². The first kappa shape index (κ1) is 17.4. The van der Waals surface area contributed by atoms with E-state index in [1.54, 1.807) is 19.1 Å². The lowest BCUT2D eigenvalue weighted by atomic mass is 10.1. The van der Waals surface area contributed by atoms with Gasteiger partial charge in [0.05, 0.1) is 23.8 Å². The third-order valence-electron chi connectivity index (χ3n) is 3.40. The average Bonchev–Trinajstić information content (AvgIpc) is 2.58. The molecule has 126 valence electrons. The summed E-state index contributed by atoms with van der Waals surface area (Å²) in [6, 6.07) is 6.11. The van der Waals surface area contributed by atoms with Gasteiger partial charge in [0.1, 0.15) is 5.75 Å². The molecule has 0 atom stereocenters. The Kier molecular flexibility index (Phi) is 5.80.